The second-order valence-corrected chi connectivity index (χ2v) is 15.5. The van der Waals surface area contributed by atoms with Crippen LogP contribution in [0.2, 0.25) is 0 Å². The molecule has 12 rings (SSSR count). The summed E-state index contributed by atoms with van der Waals surface area (Å²) >= 11 is 0. The van der Waals surface area contributed by atoms with Crippen molar-refractivity contribution in [1.29, 1.82) is 0 Å². The zero-order valence-corrected chi connectivity index (χ0v) is 33.4. The fourth-order valence-electron chi connectivity index (χ4n) is 8.83. The molecule has 0 saturated carbocycles. The molecule has 3 aromatic heterocycles. The van der Waals surface area contributed by atoms with Crippen LogP contribution in [0.25, 0.3) is 123 Å². The van der Waals surface area contributed by atoms with E-state index in [1.54, 1.807) is 0 Å². The van der Waals surface area contributed by atoms with Gasteiger partial charge in [0, 0.05) is 38.2 Å². The van der Waals surface area contributed by atoms with Crippen LogP contribution >= 0.6 is 0 Å². The predicted molar refractivity (Wildman–Crippen MR) is 252 cm³/mol. The van der Waals surface area contributed by atoms with Crippen LogP contribution in [0, 0.1) is 0 Å². The molecule has 0 amide bonds. The van der Waals surface area contributed by atoms with E-state index >= 15 is 0 Å². The van der Waals surface area contributed by atoms with Crippen LogP contribution in [0.5, 0.6) is 0 Å². The molecule has 9 aromatic carbocycles. The molecule has 0 bridgehead atoms. The summed E-state index contributed by atoms with van der Waals surface area (Å²) in [6.07, 6.45) is 0. The van der Waals surface area contributed by atoms with Crippen molar-refractivity contribution in [3.05, 3.63) is 212 Å². The molecule has 0 aliphatic carbocycles. The van der Waals surface area contributed by atoms with E-state index in [1.165, 1.54) is 0 Å². The lowest BCUT2D eigenvalue weighted by molar-refractivity contribution is 0.668. The third-order valence-corrected chi connectivity index (χ3v) is 11.7. The average molecular weight is 794 g/mol. The Balaban J connectivity index is 1.09. The number of hydrogen-bond acceptors (Lipinski definition) is 5. The van der Waals surface area contributed by atoms with Crippen LogP contribution in [-0.4, -0.2) is 15.0 Å². The van der Waals surface area contributed by atoms with Crippen LogP contribution < -0.4 is 0 Å². The number of fused-ring (bicyclic) bond motifs is 6. The molecule has 62 heavy (non-hydrogen) atoms. The topological polar surface area (TPSA) is 65.0 Å². The van der Waals surface area contributed by atoms with Crippen molar-refractivity contribution in [2.75, 3.05) is 0 Å². The van der Waals surface area contributed by atoms with Crippen LogP contribution in [0.3, 0.4) is 0 Å². The van der Waals surface area contributed by atoms with E-state index in [0.717, 1.165) is 105 Å². The minimum absolute atomic E-state index is 0.579. The Morgan fingerprint density at radius 1 is 0.258 bits per heavy atom. The van der Waals surface area contributed by atoms with Gasteiger partial charge in [-0.3, -0.25) is 0 Å². The average Bonchev–Trinajstić information content (AvgIpc) is 3.93. The number of aromatic nitrogens is 3. The molecule has 12 aromatic rings. The van der Waals surface area contributed by atoms with Crippen molar-refractivity contribution < 1.29 is 8.83 Å². The van der Waals surface area contributed by atoms with Crippen LogP contribution in [0.1, 0.15) is 0 Å². The predicted octanol–water partition coefficient (Wildman–Crippen LogP) is 15.3. The van der Waals surface area contributed by atoms with Crippen molar-refractivity contribution in [1.82, 2.24) is 15.0 Å². The monoisotopic (exact) mass is 793 g/mol. The van der Waals surface area contributed by atoms with E-state index in [4.69, 9.17) is 23.8 Å². The van der Waals surface area contributed by atoms with Crippen LogP contribution in [-0.2, 0) is 0 Å². The third kappa shape index (κ3) is 6.14. The largest absolute Gasteiger partial charge is 0.456 e. The van der Waals surface area contributed by atoms with E-state index in [-0.39, 0.29) is 0 Å². The summed E-state index contributed by atoms with van der Waals surface area (Å²) in [5.74, 6) is 1.76. The van der Waals surface area contributed by atoms with E-state index in [2.05, 4.69) is 140 Å². The molecule has 0 saturated heterocycles. The molecule has 0 spiro atoms. The Hall–Kier alpha value is -8.41. The molecule has 0 atom stereocenters. The van der Waals surface area contributed by atoms with Gasteiger partial charge in [0.25, 0.3) is 0 Å². The first kappa shape index (κ1) is 35.5. The van der Waals surface area contributed by atoms with Gasteiger partial charge in [-0.1, -0.05) is 164 Å². The molecule has 3 heterocycles. The summed E-state index contributed by atoms with van der Waals surface area (Å²) in [4.78, 5) is 15.5. The molecule has 0 aliphatic heterocycles. The normalized spacial score (nSPS) is 11.5. The first-order valence-electron chi connectivity index (χ1n) is 20.8. The summed E-state index contributed by atoms with van der Waals surface area (Å²) in [7, 11) is 0. The van der Waals surface area contributed by atoms with E-state index in [1.807, 2.05) is 72.8 Å². The minimum Gasteiger partial charge on any atom is -0.456 e. The lowest BCUT2D eigenvalue weighted by atomic mass is 9.84. The number of nitrogens with zero attached hydrogens (tertiary/aromatic N) is 3. The quantitative estimate of drug-likeness (QED) is 0.161. The van der Waals surface area contributed by atoms with Gasteiger partial charge in [0.05, 0.1) is 0 Å². The Labute approximate surface area is 357 Å². The number of rotatable bonds is 7. The van der Waals surface area contributed by atoms with Gasteiger partial charge in [-0.2, -0.15) is 0 Å². The highest BCUT2D eigenvalue weighted by atomic mass is 16.3. The van der Waals surface area contributed by atoms with Crippen LogP contribution in [0.4, 0.5) is 0 Å². The molecular weight excluding hydrogens is 759 g/mol. The number of para-hydroxylation sites is 2. The van der Waals surface area contributed by atoms with E-state index < -0.39 is 0 Å². The van der Waals surface area contributed by atoms with Crippen molar-refractivity contribution in [2.45, 2.75) is 0 Å². The van der Waals surface area contributed by atoms with Gasteiger partial charge in [0.2, 0.25) is 0 Å². The Bertz CT molecular complexity index is 3630. The fraction of sp³-hybridized carbons (Fsp3) is 0. The van der Waals surface area contributed by atoms with Gasteiger partial charge < -0.3 is 8.83 Å². The maximum absolute atomic E-state index is 6.45. The molecule has 0 radical (unpaired) electrons. The van der Waals surface area contributed by atoms with Gasteiger partial charge >= 0.3 is 0 Å². The lowest BCUT2D eigenvalue weighted by Crippen LogP contribution is -2.00. The maximum Gasteiger partial charge on any atom is 0.164 e. The van der Waals surface area contributed by atoms with Gasteiger partial charge in [0.1, 0.15) is 22.3 Å². The van der Waals surface area contributed by atoms with Crippen molar-refractivity contribution in [3.63, 3.8) is 0 Å². The molecule has 290 valence electrons. The first-order chi connectivity index (χ1) is 30.7. The Morgan fingerprint density at radius 2 is 0.758 bits per heavy atom. The zero-order valence-electron chi connectivity index (χ0n) is 33.4. The molecule has 5 nitrogen and oxygen atoms in total. The highest BCUT2D eigenvalue weighted by molar-refractivity contribution is 6.12. The molecule has 0 N–H and O–H groups in total. The zero-order chi connectivity index (χ0) is 41.0. The highest BCUT2D eigenvalue weighted by Crippen LogP contribution is 2.45. The smallest absolute Gasteiger partial charge is 0.164 e. The summed E-state index contributed by atoms with van der Waals surface area (Å²) in [5.41, 5.74) is 14.8. The minimum atomic E-state index is 0.579. The number of benzene rings is 9. The van der Waals surface area contributed by atoms with Gasteiger partial charge in [-0.05, 0) is 93.0 Å². The fourth-order valence-corrected chi connectivity index (χ4v) is 8.83. The summed E-state index contributed by atoms with van der Waals surface area (Å²) in [6.45, 7) is 0. The first-order valence-corrected chi connectivity index (χ1v) is 20.8. The van der Waals surface area contributed by atoms with Crippen molar-refractivity contribution in [2.24, 2.45) is 0 Å². The highest BCUT2D eigenvalue weighted by Gasteiger charge is 2.21. The Kier molecular flexibility index (Phi) is 8.42. The molecule has 0 aliphatic rings. The van der Waals surface area contributed by atoms with Gasteiger partial charge in [-0.25, -0.2) is 15.0 Å². The van der Waals surface area contributed by atoms with Gasteiger partial charge in [-0.15, -0.1) is 0 Å². The van der Waals surface area contributed by atoms with Gasteiger partial charge in [0.15, 0.2) is 17.5 Å². The SMILES string of the molecule is c1ccc(-c2cc(-c3cccc(-c4nc(-c5ccccc5)nc(-c5cccc6oc7ccccc7c56)n4)c3)c(-c3ccccc3)c(-c3ccc4c(c3)oc3ccccc34)c2)cc1. The van der Waals surface area contributed by atoms with Crippen molar-refractivity contribution in [3.8, 4) is 78.7 Å². The summed E-state index contributed by atoms with van der Waals surface area (Å²) in [6, 6.07) is 73.6. The van der Waals surface area contributed by atoms with Crippen LogP contribution in [0.15, 0.2) is 221 Å². The second-order valence-electron chi connectivity index (χ2n) is 15.5. The third-order valence-electron chi connectivity index (χ3n) is 11.7. The van der Waals surface area contributed by atoms with E-state index in [0.29, 0.717) is 17.5 Å². The molecular formula is C57H35N3O2. The molecule has 0 unspecified atom stereocenters. The summed E-state index contributed by atoms with van der Waals surface area (Å²) < 4.78 is 12.8. The second kappa shape index (κ2) is 14.7. The molecule has 0 fully saturated rings. The number of furan rings is 2. The standard InChI is InChI=1S/C57H35N3O2/c1-4-16-36(17-5-1)42-33-47(53(37-18-6-2-7-19-37)48(34-42)40-30-31-44-43-24-10-12-27-49(43)62-52(44)35-40)39-22-14-23-41(32-39)56-58-55(38-20-8-3-9-21-38)59-57(60-56)46-26-15-29-51-54(46)45-25-11-13-28-50(45)61-51/h1-35H. The maximum atomic E-state index is 6.45. The molecule has 5 heteroatoms. The number of hydrogen-bond donors (Lipinski definition) is 0. The van der Waals surface area contributed by atoms with E-state index in [9.17, 15) is 0 Å². The lowest BCUT2D eigenvalue weighted by Gasteiger charge is -2.19. The Morgan fingerprint density at radius 3 is 1.50 bits per heavy atom. The van der Waals surface area contributed by atoms with Crippen molar-refractivity contribution >= 4 is 43.9 Å². The summed E-state index contributed by atoms with van der Waals surface area (Å²) in [5, 5.41) is 4.21.